The molecule has 0 amide bonds. The summed E-state index contributed by atoms with van der Waals surface area (Å²) in [5.41, 5.74) is 1.02. The third kappa shape index (κ3) is 2.82. The van der Waals surface area contributed by atoms with Crippen LogP contribution in [-0.4, -0.2) is 26.7 Å². The van der Waals surface area contributed by atoms with Gasteiger partial charge in [0.25, 0.3) is 5.19 Å². The summed E-state index contributed by atoms with van der Waals surface area (Å²) in [4.78, 5) is 9.48. The minimum atomic E-state index is 0.00828. The molecule has 3 aromatic rings. The van der Waals surface area contributed by atoms with Gasteiger partial charge < -0.3 is 9.47 Å². The molecule has 21 heavy (non-hydrogen) atoms. The van der Waals surface area contributed by atoms with Crippen LogP contribution in [0.1, 0.15) is 26.5 Å². The first-order valence-electron chi connectivity index (χ1n) is 6.50. The van der Waals surface area contributed by atoms with E-state index in [2.05, 4.69) is 35.8 Å². The Bertz CT molecular complexity index is 724. The van der Waals surface area contributed by atoms with Gasteiger partial charge in [0.1, 0.15) is 5.75 Å². The van der Waals surface area contributed by atoms with E-state index < -0.39 is 0 Å². The summed E-state index contributed by atoms with van der Waals surface area (Å²) >= 11 is 1.40. The molecule has 0 atom stereocenters. The van der Waals surface area contributed by atoms with Crippen LogP contribution in [0, 0.1) is 0 Å². The first-order valence-corrected chi connectivity index (χ1v) is 7.32. The fraction of sp³-hybridized carbons (Fsp3) is 0.357. The van der Waals surface area contributed by atoms with E-state index in [0.29, 0.717) is 16.8 Å². The molecule has 0 saturated heterocycles. The van der Waals surface area contributed by atoms with E-state index >= 15 is 0 Å². The van der Waals surface area contributed by atoms with Gasteiger partial charge >= 0.3 is 0 Å². The lowest BCUT2D eigenvalue weighted by Crippen LogP contribution is -2.11. The standard InChI is InChI=1S/C14H16N4O2S/c1-14(2,3)10-8-18-12(16-10)21-13(17-18)20-9-5-6-11(19-4)15-7-9/h5-8H,1-4H3. The Balaban J connectivity index is 1.82. The number of aromatic nitrogens is 4. The highest BCUT2D eigenvalue weighted by atomic mass is 32.1. The minimum Gasteiger partial charge on any atom is -0.481 e. The van der Waals surface area contributed by atoms with Crippen LogP contribution >= 0.6 is 11.3 Å². The van der Waals surface area contributed by atoms with Crippen molar-refractivity contribution in [2.75, 3.05) is 7.11 Å². The van der Waals surface area contributed by atoms with E-state index in [-0.39, 0.29) is 5.41 Å². The van der Waals surface area contributed by atoms with E-state index in [1.54, 1.807) is 30.0 Å². The largest absolute Gasteiger partial charge is 0.481 e. The molecule has 0 aliphatic carbocycles. The second-order valence-electron chi connectivity index (χ2n) is 5.61. The number of rotatable bonds is 3. The summed E-state index contributed by atoms with van der Waals surface area (Å²) in [7, 11) is 1.57. The molecule has 0 spiro atoms. The number of methoxy groups -OCH3 is 1. The molecule has 0 aliphatic rings. The Morgan fingerprint density at radius 2 is 2.05 bits per heavy atom. The Hall–Kier alpha value is -2.15. The highest BCUT2D eigenvalue weighted by Crippen LogP contribution is 2.29. The van der Waals surface area contributed by atoms with Crippen LogP contribution in [0.15, 0.2) is 24.5 Å². The van der Waals surface area contributed by atoms with Gasteiger partial charge in [-0.15, -0.1) is 5.10 Å². The van der Waals surface area contributed by atoms with Crippen molar-refractivity contribution in [3.63, 3.8) is 0 Å². The SMILES string of the molecule is COc1ccc(Oc2nn3cc(C(C)(C)C)nc3s2)cn1. The molecule has 0 radical (unpaired) electrons. The van der Waals surface area contributed by atoms with Crippen molar-refractivity contribution in [1.82, 2.24) is 19.6 Å². The van der Waals surface area contributed by atoms with Crippen molar-refractivity contribution in [1.29, 1.82) is 0 Å². The Morgan fingerprint density at radius 1 is 1.24 bits per heavy atom. The topological polar surface area (TPSA) is 61.5 Å². The molecule has 7 heteroatoms. The average Bonchev–Trinajstić information content (AvgIpc) is 2.97. The maximum Gasteiger partial charge on any atom is 0.299 e. The molecule has 0 unspecified atom stereocenters. The second-order valence-corrected chi connectivity index (χ2v) is 6.53. The number of pyridine rings is 1. The third-order valence-corrected chi connectivity index (χ3v) is 3.72. The van der Waals surface area contributed by atoms with Gasteiger partial charge in [-0.3, -0.25) is 0 Å². The van der Waals surface area contributed by atoms with Crippen LogP contribution < -0.4 is 9.47 Å². The van der Waals surface area contributed by atoms with Gasteiger partial charge in [-0.25, -0.2) is 14.5 Å². The maximum absolute atomic E-state index is 5.68. The molecule has 0 saturated carbocycles. The van der Waals surface area contributed by atoms with Crippen molar-refractivity contribution in [3.05, 3.63) is 30.2 Å². The van der Waals surface area contributed by atoms with E-state index in [1.807, 2.05) is 6.20 Å². The van der Waals surface area contributed by atoms with Crippen LogP contribution in [0.2, 0.25) is 0 Å². The summed E-state index contributed by atoms with van der Waals surface area (Å²) in [6, 6.07) is 3.53. The summed E-state index contributed by atoms with van der Waals surface area (Å²) in [6.07, 6.45) is 3.54. The van der Waals surface area contributed by atoms with E-state index in [4.69, 9.17) is 9.47 Å². The molecule has 0 bridgehead atoms. The molecule has 110 valence electrons. The highest BCUT2D eigenvalue weighted by Gasteiger charge is 2.19. The van der Waals surface area contributed by atoms with Gasteiger partial charge in [0.2, 0.25) is 10.8 Å². The quantitative estimate of drug-likeness (QED) is 0.743. The fourth-order valence-corrected chi connectivity index (χ4v) is 2.49. The molecule has 0 fully saturated rings. The third-order valence-electron chi connectivity index (χ3n) is 2.92. The van der Waals surface area contributed by atoms with Crippen LogP contribution in [0.5, 0.6) is 16.8 Å². The molecule has 3 heterocycles. The number of fused-ring (bicyclic) bond motifs is 1. The number of hydrogen-bond acceptors (Lipinski definition) is 6. The van der Waals surface area contributed by atoms with Gasteiger partial charge in [0.15, 0.2) is 0 Å². The van der Waals surface area contributed by atoms with Crippen molar-refractivity contribution in [3.8, 4) is 16.8 Å². The Labute approximate surface area is 126 Å². The summed E-state index contributed by atoms with van der Waals surface area (Å²) < 4.78 is 12.4. The average molecular weight is 304 g/mol. The predicted molar refractivity (Wildman–Crippen MR) is 80.4 cm³/mol. The zero-order valence-corrected chi connectivity index (χ0v) is 13.1. The van der Waals surface area contributed by atoms with Crippen molar-refractivity contribution in [2.45, 2.75) is 26.2 Å². The molecule has 3 rings (SSSR count). The molecule has 0 aromatic carbocycles. The Morgan fingerprint density at radius 3 is 2.62 bits per heavy atom. The number of nitrogens with zero attached hydrogens (tertiary/aromatic N) is 4. The van der Waals surface area contributed by atoms with Crippen LogP contribution in [0.4, 0.5) is 0 Å². The normalized spacial score (nSPS) is 11.8. The second kappa shape index (κ2) is 5.00. The predicted octanol–water partition coefficient (Wildman–Crippen LogP) is 3.28. The Kier molecular flexibility index (Phi) is 3.29. The lowest BCUT2D eigenvalue weighted by molar-refractivity contribution is 0.394. The van der Waals surface area contributed by atoms with E-state index in [9.17, 15) is 0 Å². The molecule has 3 aromatic heterocycles. The molecule has 0 aliphatic heterocycles. The zero-order valence-electron chi connectivity index (χ0n) is 12.3. The number of imidazole rings is 1. The van der Waals surface area contributed by atoms with Gasteiger partial charge in [0, 0.05) is 11.5 Å². The summed E-state index contributed by atoms with van der Waals surface area (Å²) in [5.74, 6) is 1.16. The fourth-order valence-electron chi connectivity index (χ4n) is 1.73. The highest BCUT2D eigenvalue weighted by molar-refractivity contribution is 7.18. The first-order chi connectivity index (χ1) is 9.95. The van der Waals surface area contributed by atoms with Crippen molar-refractivity contribution in [2.24, 2.45) is 0 Å². The van der Waals surface area contributed by atoms with E-state index in [1.165, 1.54) is 11.3 Å². The van der Waals surface area contributed by atoms with Crippen molar-refractivity contribution < 1.29 is 9.47 Å². The first kappa shape index (κ1) is 13.8. The lowest BCUT2D eigenvalue weighted by atomic mass is 9.93. The minimum absolute atomic E-state index is 0.00828. The maximum atomic E-state index is 5.68. The van der Waals surface area contributed by atoms with Gasteiger partial charge in [-0.2, -0.15) is 0 Å². The van der Waals surface area contributed by atoms with Crippen LogP contribution in [0.25, 0.3) is 4.96 Å². The molecular weight excluding hydrogens is 288 g/mol. The van der Waals surface area contributed by atoms with Gasteiger partial charge in [-0.05, 0) is 17.4 Å². The van der Waals surface area contributed by atoms with Crippen molar-refractivity contribution >= 4 is 16.3 Å². The summed E-state index contributed by atoms with van der Waals surface area (Å²) in [5, 5.41) is 4.91. The van der Waals surface area contributed by atoms with Crippen LogP contribution in [-0.2, 0) is 5.41 Å². The number of hydrogen-bond donors (Lipinski definition) is 0. The zero-order chi connectivity index (χ0) is 15.0. The van der Waals surface area contributed by atoms with Gasteiger partial charge in [0.05, 0.1) is 25.2 Å². The molecule has 0 N–H and O–H groups in total. The molecule has 6 nitrogen and oxygen atoms in total. The van der Waals surface area contributed by atoms with E-state index in [0.717, 1.165) is 10.7 Å². The van der Waals surface area contributed by atoms with Crippen LogP contribution in [0.3, 0.4) is 0 Å². The molecular formula is C14H16N4O2S. The smallest absolute Gasteiger partial charge is 0.299 e. The van der Waals surface area contributed by atoms with Gasteiger partial charge in [-0.1, -0.05) is 20.8 Å². The monoisotopic (exact) mass is 304 g/mol. The lowest BCUT2D eigenvalue weighted by Gasteiger charge is -2.13. The summed E-state index contributed by atoms with van der Waals surface area (Å²) in [6.45, 7) is 6.37. The number of ether oxygens (including phenoxy) is 2.